The average Bonchev–Trinajstić information content (AvgIpc) is 2.68. The van der Waals surface area contributed by atoms with Crippen LogP contribution in [-0.4, -0.2) is 33.6 Å². The molecule has 1 atom stereocenters. The molecule has 0 aliphatic rings. The molecule has 1 heterocycles. The van der Waals surface area contributed by atoms with Crippen LogP contribution in [0.5, 0.6) is 0 Å². The summed E-state index contributed by atoms with van der Waals surface area (Å²) in [6, 6.07) is 11.3. The van der Waals surface area contributed by atoms with E-state index in [0.717, 1.165) is 0 Å². The van der Waals surface area contributed by atoms with Crippen molar-refractivity contribution in [2.24, 2.45) is 0 Å². The second-order valence-electron chi connectivity index (χ2n) is 6.13. The Morgan fingerprint density at radius 3 is 2.52 bits per heavy atom. The fourth-order valence-electron chi connectivity index (χ4n) is 2.67. The predicted octanol–water partition coefficient (Wildman–Crippen LogP) is 2.64. The molecule has 0 bridgehead atoms. The fourth-order valence-corrected chi connectivity index (χ4v) is 2.67. The lowest BCUT2D eigenvalue weighted by molar-refractivity contribution is 0.0923. The maximum absolute atomic E-state index is 14.7. The first-order valence-electron chi connectivity index (χ1n) is 8.38. The number of nitrogens with zero attached hydrogens (tertiary/aromatic N) is 2. The van der Waals surface area contributed by atoms with Gasteiger partial charge >= 0.3 is 0 Å². The van der Waals surface area contributed by atoms with Gasteiger partial charge in [-0.25, -0.2) is 14.4 Å². The summed E-state index contributed by atoms with van der Waals surface area (Å²) < 4.78 is 14.7. The smallest absolute Gasteiger partial charge is 0.252 e. The van der Waals surface area contributed by atoms with Crippen molar-refractivity contribution in [2.75, 3.05) is 12.3 Å². The molecule has 4 N–H and O–H groups in total. The maximum atomic E-state index is 14.7. The van der Waals surface area contributed by atoms with Crippen LogP contribution in [0.25, 0.3) is 22.3 Å². The molecule has 3 rings (SSSR count). The number of nitrogens with one attached hydrogen (secondary N) is 1. The second-order valence-corrected chi connectivity index (χ2v) is 6.13. The van der Waals surface area contributed by atoms with Crippen molar-refractivity contribution in [3.63, 3.8) is 0 Å². The van der Waals surface area contributed by atoms with E-state index in [1.54, 1.807) is 43.3 Å². The van der Waals surface area contributed by atoms with Crippen LogP contribution in [0.4, 0.5) is 10.3 Å². The zero-order valence-electron chi connectivity index (χ0n) is 14.7. The molecule has 1 amide bonds. The van der Waals surface area contributed by atoms with Gasteiger partial charge in [0, 0.05) is 35.1 Å². The molecule has 0 saturated heterocycles. The van der Waals surface area contributed by atoms with Crippen molar-refractivity contribution in [3.05, 3.63) is 66.2 Å². The second kappa shape index (κ2) is 7.92. The van der Waals surface area contributed by atoms with Crippen molar-refractivity contribution in [2.45, 2.75) is 13.0 Å². The number of aliphatic hydroxyl groups excluding tert-OH is 1. The van der Waals surface area contributed by atoms with Crippen LogP contribution in [0.1, 0.15) is 17.3 Å². The van der Waals surface area contributed by atoms with E-state index in [-0.39, 0.29) is 24.5 Å². The molecular weight excluding hydrogens is 347 g/mol. The van der Waals surface area contributed by atoms with Crippen molar-refractivity contribution in [1.82, 2.24) is 15.3 Å². The molecule has 0 aliphatic heterocycles. The molecule has 0 radical (unpaired) electrons. The molecule has 6 nitrogen and oxygen atoms in total. The largest absolute Gasteiger partial charge is 0.394 e. The number of halogens is 1. The number of anilines is 1. The molecular formula is C20H19FN4O2. The van der Waals surface area contributed by atoms with E-state index in [9.17, 15) is 9.18 Å². The minimum absolute atomic E-state index is 0.118. The van der Waals surface area contributed by atoms with E-state index in [1.165, 1.54) is 18.5 Å². The summed E-state index contributed by atoms with van der Waals surface area (Å²) in [5, 5.41) is 11.8. The number of aromatic nitrogens is 2. The number of carbonyl (C=O) groups excluding carboxylic acids is 1. The van der Waals surface area contributed by atoms with Crippen LogP contribution >= 0.6 is 0 Å². The topological polar surface area (TPSA) is 101 Å². The lowest BCUT2D eigenvalue weighted by Gasteiger charge is -2.14. The minimum Gasteiger partial charge on any atom is -0.394 e. The first-order chi connectivity index (χ1) is 13.0. The summed E-state index contributed by atoms with van der Waals surface area (Å²) in [4.78, 5) is 20.2. The Bertz CT molecular complexity index is 960. The first-order valence-corrected chi connectivity index (χ1v) is 8.38. The average molecular weight is 366 g/mol. The Hall–Kier alpha value is -3.32. The van der Waals surface area contributed by atoms with Crippen LogP contribution in [-0.2, 0) is 0 Å². The number of nitrogen functional groups attached to an aromatic ring is 1. The summed E-state index contributed by atoms with van der Waals surface area (Å²) in [6.45, 7) is 1.53. The molecule has 0 saturated carbocycles. The zero-order chi connectivity index (χ0) is 19.4. The highest BCUT2D eigenvalue weighted by Crippen LogP contribution is 2.29. The molecule has 7 heteroatoms. The van der Waals surface area contributed by atoms with E-state index in [2.05, 4.69) is 15.3 Å². The van der Waals surface area contributed by atoms with Crippen LogP contribution in [0, 0.1) is 5.82 Å². The van der Waals surface area contributed by atoms with E-state index in [4.69, 9.17) is 10.8 Å². The molecule has 27 heavy (non-hydrogen) atoms. The normalized spacial score (nSPS) is 11.8. The monoisotopic (exact) mass is 366 g/mol. The highest BCUT2D eigenvalue weighted by molar-refractivity contribution is 6.01. The van der Waals surface area contributed by atoms with Crippen molar-refractivity contribution >= 4 is 11.9 Å². The van der Waals surface area contributed by atoms with E-state index < -0.39 is 5.82 Å². The number of nitrogens with two attached hydrogens (primary N) is 1. The number of hydrogen-bond donors (Lipinski definition) is 3. The maximum Gasteiger partial charge on any atom is 0.252 e. The summed E-state index contributed by atoms with van der Waals surface area (Å²) in [5.41, 5.74) is 7.88. The van der Waals surface area contributed by atoms with Gasteiger partial charge < -0.3 is 16.2 Å². The van der Waals surface area contributed by atoms with Gasteiger partial charge in [0.2, 0.25) is 5.95 Å². The summed E-state index contributed by atoms with van der Waals surface area (Å²) in [7, 11) is 0. The van der Waals surface area contributed by atoms with Gasteiger partial charge in [-0.3, -0.25) is 4.79 Å². The van der Waals surface area contributed by atoms with Crippen LogP contribution < -0.4 is 11.1 Å². The van der Waals surface area contributed by atoms with E-state index >= 15 is 0 Å². The lowest BCUT2D eigenvalue weighted by atomic mass is 9.96. The highest BCUT2D eigenvalue weighted by atomic mass is 19.1. The van der Waals surface area contributed by atoms with Gasteiger partial charge in [-0.2, -0.15) is 0 Å². The first kappa shape index (κ1) is 18.5. The third-order valence-corrected chi connectivity index (χ3v) is 4.09. The molecule has 3 aromatic rings. The van der Waals surface area contributed by atoms with Crippen molar-refractivity contribution in [3.8, 4) is 22.3 Å². The summed E-state index contributed by atoms with van der Waals surface area (Å²) in [6.07, 6.45) is 2.91. The number of hydrogen-bond acceptors (Lipinski definition) is 5. The van der Waals surface area contributed by atoms with Crippen molar-refractivity contribution < 1.29 is 14.3 Å². The van der Waals surface area contributed by atoms with Crippen molar-refractivity contribution in [1.29, 1.82) is 0 Å². The summed E-state index contributed by atoms with van der Waals surface area (Å²) in [5.74, 6) is -0.670. The lowest BCUT2D eigenvalue weighted by Crippen LogP contribution is -2.35. The van der Waals surface area contributed by atoms with Crippen LogP contribution in [0.15, 0.2) is 54.9 Å². The quantitative estimate of drug-likeness (QED) is 0.644. The summed E-state index contributed by atoms with van der Waals surface area (Å²) >= 11 is 0. The highest BCUT2D eigenvalue weighted by Gasteiger charge is 2.16. The van der Waals surface area contributed by atoms with Gasteiger partial charge in [0.1, 0.15) is 5.82 Å². The SMILES string of the molecule is CC(CO)NC(=O)c1ccccc1-c1ccc(-c2cnc(N)nc2)c(F)c1. The molecule has 1 aromatic heterocycles. The van der Waals surface area contributed by atoms with Gasteiger partial charge in [-0.05, 0) is 30.2 Å². The van der Waals surface area contributed by atoms with Gasteiger partial charge in [-0.1, -0.05) is 30.3 Å². The molecule has 0 aliphatic carbocycles. The molecule has 0 fully saturated rings. The van der Waals surface area contributed by atoms with E-state index in [1.807, 2.05) is 0 Å². The molecule has 138 valence electrons. The number of benzene rings is 2. The third-order valence-electron chi connectivity index (χ3n) is 4.09. The standard InChI is InChI=1S/C20H19FN4O2/c1-12(11-26)25-19(27)17-5-3-2-4-15(17)13-6-7-16(18(21)8-13)14-9-23-20(22)24-10-14/h2-10,12,26H,11H2,1H3,(H,25,27)(H2,22,23,24). The number of rotatable bonds is 5. The van der Waals surface area contributed by atoms with E-state index in [0.29, 0.717) is 27.8 Å². The number of amides is 1. The third kappa shape index (κ3) is 4.09. The fraction of sp³-hybridized carbons (Fsp3) is 0.150. The molecule has 2 aromatic carbocycles. The van der Waals surface area contributed by atoms with Gasteiger partial charge in [-0.15, -0.1) is 0 Å². The number of aliphatic hydroxyl groups is 1. The van der Waals surface area contributed by atoms with Gasteiger partial charge in [0.05, 0.1) is 6.61 Å². The molecule has 0 spiro atoms. The van der Waals surface area contributed by atoms with Crippen LogP contribution in [0.2, 0.25) is 0 Å². The Balaban J connectivity index is 1.97. The minimum atomic E-state index is -0.459. The zero-order valence-corrected chi connectivity index (χ0v) is 14.7. The van der Waals surface area contributed by atoms with Gasteiger partial charge in [0.25, 0.3) is 5.91 Å². The predicted molar refractivity (Wildman–Crippen MR) is 101 cm³/mol. The van der Waals surface area contributed by atoms with Gasteiger partial charge in [0.15, 0.2) is 0 Å². The Labute approximate surface area is 155 Å². The Kier molecular flexibility index (Phi) is 5.42. The molecule has 1 unspecified atom stereocenters. The Morgan fingerprint density at radius 1 is 1.15 bits per heavy atom. The number of carbonyl (C=O) groups is 1. The van der Waals surface area contributed by atoms with Crippen LogP contribution in [0.3, 0.4) is 0 Å². The Morgan fingerprint density at radius 2 is 1.85 bits per heavy atom.